The van der Waals surface area contributed by atoms with Crippen LogP contribution in [-0.2, 0) is 0 Å². The van der Waals surface area contributed by atoms with Gasteiger partial charge in [-0.2, -0.15) is 0 Å². The Bertz CT molecular complexity index is 709. The molecule has 0 radical (unpaired) electrons. The first-order valence-electron chi connectivity index (χ1n) is 15.7. The summed E-state index contributed by atoms with van der Waals surface area (Å²) in [5.74, 6) is 6.53. The summed E-state index contributed by atoms with van der Waals surface area (Å²) in [6.07, 6.45) is 30.1. The Morgan fingerprint density at radius 2 is 1.26 bits per heavy atom. The number of rotatable bonds is 11. The lowest BCUT2D eigenvalue weighted by Gasteiger charge is -2.37. The van der Waals surface area contributed by atoms with Gasteiger partial charge in [0.25, 0.3) is 0 Å². The van der Waals surface area contributed by atoms with E-state index in [-0.39, 0.29) is 0 Å². The first-order valence-corrected chi connectivity index (χ1v) is 15.7. The second-order valence-electron chi connectivity index (χ2n) is 12.5. The number of allylic oxidation sites excluding steroid dienone is 1. The normalized spacial score (nSPS) is 32.1. The van der Waals surface area contributed by atoms with E-state index in [9.17, 15) is 0 Å². The Morgan fingerprint density at radius 1 is 0.657 bits per heavy atom. The Hall–Kier alpha value is -1.24. The molecule has 0 atom stereocenters. The Balaban J connectivity index is 1.13. The van der Waals surface area contributed by atoms with Gasteiger partial charge in [0.1, 0.15) is 5.75 Å². The van der Waals surface area contributed by atoms with E-state index < -0.39 is 0 Å². The molecular weight excluding hydrogens is 424 g/mol. The van der Waals surface area contributed by atoms with Crippen molar-refractivity contribution in [2.75, 3.05) is 0 Å². The third-order valence-electron chi connectivity index (χ3n) is 10.0. The third-order valence-corrected chi connectivity index (χ3v) is 10.0. The Kier molecular flexibility index (Phi) is 11.1. The zero-order valence-electron chi connectivity index (χ0n) is 23.1. The highest BCUT2D eigenvalue weighted by atomic mass is 16.5. The Labute approximate surface area is 217 Å². The summed E-state index contributed by atoms with van der Waals surface area (Å²) in [6.45, 7) is 4.66. The summed E-state index contributed by atoms with van der Waals surface area (Å²) in [7, 11) is 0. The topological polar surface area (TPSA) is 9.23 Å². The average Bonchev–Trinajstić information content (AvgIpc) is 2.91. The molecule has 0 spiro atoms. The minimum absolute atomic E-state index is 0.717. The van der Waals surface area contributed by atoms with Crippen molar-refractivity contribution < 1.29 is 4.74 Å². The molecule has 1 aromatic rings. The van der Waals surface area contributed by atoms with Gasteiger partial charge < -0.3 is 4.74 Å². The predicted molar refractivity (Wildman–Crippen MR) is 151 cm³/mol. The van der Waals surface area contributed by atoms with Crippen molar-refractivity contribution in [3.8, 4) is 5.75 Å². The average molecular weight is 479 g/mol. The summed E-state index contributed by atoms with van der Waals surface area (Å²) in [5.41, 5.74) is 1.52. The van der Waals surface area contributed by atoms with E-state index in [1.54, 1.807) is 0 Å². The van der Waals surface area contributed by atoms with Crippen LogP contribution in [0.15, 0.2) is 36.6 Å². The molecule has 3 aliphatic carbocycles. The lowest BCUT2D eigenvalue weighted by Crippen LogP contribution is -2.25. The van der Waals surface area contributed by atoms with Crippen LogP contribution in [0.4, 0.5) is 0 Å². The van der Waals surface area contributed by atoms with E-state index >= 15 is 0 Å². The largest absolute Gasteiger partial charge is 0.465 e. The Morgan fingerprint density at radius 3 is 1.89 bits per heavy atom. The maximum absolute atomic E-state index is 6.02. The van der Waals surface area contributed by atoms with Crippen LogP contribution < -0.4 is 4.74 Å². The molecule has 3 fully saturated rings. The molecule has 0 unspecified atom stereocenters. The van der Waals surface area contributed by atoms with E-state index in [1.807, 2.05) is 6.26 Å². The maximum Gasteiger partial charge on any atom is 0.126 e. The van der Waals surface area contributed by atoms with Gasteiger partial charge in [-0.05, 0) is 123 Å². The van der Waals surface area contributed by atoms with Gasteiger partial charge in [-0.1, -0.05) is 77.3 Å². The second-order valence-corrected chi connectivity index (χ2v) is 12.5. The van der Waals surface area contributed by atoms with Crippen molar-refractivity contribution in [1.29, 1.82) is 0 Å². The lowest BCUT2D eigenvalue weighted by molar-refractivity contribution is 0.152. The quantitative estimate of drug-likeness (QED) is 0.227. The smallest absolute Gasteiger partial charge is 0.126 e. The third kappa shape index (κ3) is 8.40. The van der Waals surface area contributed by atoms with Gasteiger partial charge in [0.15, 0.2) is 0 Å². The van der Waals surface area contributed by atoms with Crippen molar-refractivity contribution in [3.05, 3.63) is 42.2 Å². The minimum Gasteiger partial charge on any atom is -0.465 e. The zero-order chi connectivity index (χ0) is 24.3. The summed E-state index contributed by atoms with van der Waals surface area (Å²) in [6, 6.07) is 9.04. The van der Waals surface area contributed by atoms with Gasteiger partial charge in [-0.25, -0.2) is 0 Å². The number of unbranched alkanes of at least 4 members (excludes halogenated alkanes) is 2. The highest BCUT2D eigenvalue weighted by molar-refractivity contribution is 5.30. The first-order chi connectivity index (χ1) is 17.2. The molecular formula is C34H54O. The number of ether oxygens (including phenoxy) is 1. The van der Waals surface area contributed by atoms with E-state index in [2.05, 4.69) is 44.2 Å². The highest BCUT2D eigenvalue weighted by Gasteiger charge is 2.30. The van der Waals surface area contributed by atoms with Gasteiger partial charge in [0, 0.05) is 0 Å². The fourth-order valence-electron chi connectivity index (χ4n) is 7.68. The summed E-state index contributed by atoms with van der Waals surface area (Å²) < 4.78 is 6.02. The standard InChI is InChI=1S/C34H54O/c1-3-5-6-8-28-11-17-32(18-12-28)33-21-23-34(24-22-33)35-26-25-29-13-19-31(20-14-29)30-15-9-27(7-4-2)10-16-30/h21-32H,3-20H2,1-2H3. The van der Waals surface area contributed by atoms with Gasteiger partial charge in [-0.3, -0.25) is 0 Å². The molecule has 1 heteroatoms. The van der Waals surface area contributed by atoms with Gasteiger partial charge in [0.2, 0.25) is 0 Å². The van der Waals surface area contributed by atoms with Crippen molar-refractivity contribution in [3.63, 3.8) is 0 Å². The predicted octanol–water partition coefficient (Wildman–Crippen LogP) is 10.8. The molecule has 0 aliphatic heterocycles. The molecule has 35 heavy (non-hydrogen) atoms. The summed E-state index contributed by atoms with van der Waals surface area (Å²) in [5, 5.41) is 0. The molecule has 0 amide bonds. The summed E-state index contributed by atoms with van der Waals surface area (Å²) in [4.78, 5) is 0. The van der Waals surface area contributed by atoms with Crippen LogP contribution in [0.2, 0.25) is 0 Å². The molecule has 1 aromatic carbocycles. The second kappa shape index (κ2) is 14.5. The van der Waals surface area contributed by atoms with Crippen molar-refractivity contribution in [2.45, 2.75) is 135 Å². The van der Waals surface area contributed by atoms with Crippen LogP contribution in [0.1, 0.15) is 141 Å². The summed E-state index contributed by atoms with van der Waals surface area (Å²) >= 11 is 0. The van der Waals surface area contributed by atoms with Gasteiger partial charge in [0.05, 0.1) is 6.26 Å². The van der Waals surface area contributed by atoms with E-state index in [1.165, 1.54) is 121 Å². The van der Waals surface area contributed by atoms with Crippen molar-refractivity contribution >= 4 is 0 Å². The van der Waals surface area contributed by atoms with Crippen LogP contribution in [0.5, 0.6) is 5.75 Å². The first kappa shape index (κ1) is 26.8. The van der Waals surface area contributed by atoms with Crippen LogP contribution in [0.25, 0.3) is 0 Å². The highest BCUT2D eigenvalue weighted by Crippen LogP contribution is 2.42. The number of hydrogen-bond acceptors (Lipinski definition) is 1. The number of hydrogen-bond donors (Lipinski definition) is 0. The van der Waals surface area contributed by atoms with E-state index in [4.69, 9.17) is 4.74 Å². The molecule has 0 N–H and O–H groups in total. The van der Waals surface area contributed by atoms with Gasteiger partial charge >= 0.3 is 0 Å². The molecule has 0 aromatic heterocycles. The lowest BCUT2D eigenvalue weighted by atomic mass is 9.69. The van der Waals surface area contributed by atoms with Crippen LogP contribution in [0, 0.1) is 29.6 Å². The minimum atomic E-state index is 0.717. The van der Waals surface area contributed by atoms with Crippen LogP contribution >= 0.6 is 0 Å². The zero-order valence-corrected chi connectivity index (χ0v) is 23.1. The van der Waals surface area contributed by atoms with Crippen molar-refractivity contribution in [1.82, 2.24) is 0 Å². The van der Waals surface area contributed by atoms with Gasteiger partial charge in [-0.15, -0.1) is 0 Å². The molecule has 4 rings (SSSR count). The van der Waals surface area contributed by atoms with Crippen molar-refractivity contribution in [2.24, 2.45) is 29.6 Å². The SMILES string of the molecule is CCCCCC1CCC(c2ccc(OC=CC3CCC(C4CCC(CCC)CC4)CC3)cc2)CC1. The molecule has 0 heterocycles. The van der Waals surface area contributed by atoms with Crippen LogP contribution in [0.3, 0.4) is 0 Å². The van der Waals surface area contributed by atoms with E-state index in [0.29, 0.717) is 0 Å². The van der Waals surface area contributed by atoms with Crippen LogP contribution in [-0.4, -0.2) is 0 Å². The molecule has 3 saturated carbocycles. The fraction of sp³-hybridized carbons (Fsp3) is 0.765. The molecule has 0 saturated heterocycles. The monoisotopic (exact) mass is 478 g/mol. The molecule has 3 aliphatic rings. The van der Waals surface area contributed by atoms with E-state index in [0.717, 1.165) is 41.3 Å². The fourth-order valence-corrected chi connectivity index (χ4v) is 7.68. The molecule has 0 bridgehead atoms. The number of benzene rings is 1. The maximum atomic E-state index is 6.02. The molecule has 1 nitrogen and oxygen atoms in total. The molecule has 196 valence electrons.